The average molecular weight is 310 g/mol. The van der Waals surface area contributed by atoms with Gasteiger partial charge in [-0.15, -0.1) is 10.2 Å². The van der Waals surface area contributed by atoms with Crippen LogP contribution in [0.1, 0.15) is 17.0 Å². The third kappa shape index (κ3) is 3.34. The van der Waals surface area contributed by atoms with E-state index in [1.54, 1.807) is 7.11 Å². The summed E-state index contributed by atoms with van der Waals surface area (Å²) in [5, 5.41) is 8.09. The van der Waals surface area contributed by atoms with E-state index in [1.807, 2.05) is 42.5 Å². The number of ether oxygens (including phenoxy) is 2. The summed E-state index contributed by atoms with van der Waals surface area (Å²) in [7, 11) is 1.61. The third-order valence-electron chi connectivity index (χ3n) is 3.64. The van der Waals surface area contributed by atoms with Crippen LogP contribution in [-0.4, -0.2) is 17.3 Å². The van der Waals surface area contributed by atoms with E-state index in [2.05, 4.69) is 24.0 Å². The molecule has 0 unspecified atom stereocenters. The van der Waals surface area contributed by atoms with Crippen LogP contribution in [0.25, 0.3) is 11.5 Å². The molecule has 3 rings (SSSR count). The highest BCUT2D eigenvalue weighted by Crippen LogP contribution is 2.28. The predicted octanol–water partition coefficient (Wildman–Crippen LogP) is 3.94. The highest BCUT2D eigenvalue weighted by atomic mass is 16.5. The molecular formula is C18H18N2O3. The number of aromatic nitrogens is 2. The second-order valence-electron chi connectivity index (χ2n) is 5.24. The Morgan fingerprint density at radius 3 is 2.61 bits per heavy atom. The number of hydrogen-bond donors (Lipinski definition) is 0. The summed E-state index contributed by atoms with van der Waals surface area (Å²) in [6.07, 6.45) is 0. The van der Waals surface area contributed by atoms with Crippen LogP contribution in [0.5, 0.6) is 11.5 Å². The lowest BCUT2D eigenvalue weighted by Crippen LogP contribution is -1.96. The van der Waals surface area contributed by atoms with Gasteiger partial charge in [-0.05, 0) is 49.2 Å². The minimum absolute atomic E-state index is 0.227. The Morgan fingerprint density at radius 1 is 1.00 bits per heavy atom. The summed E-state index contributed by atoms with van der Waals surface area (Å²) in [4.78, 5) is 0. The lowest BCUT2D eigenvalue weighted by molar-refractivity contribution is 0.264. The maximum Gasteiger partial charge on any atom is 0.254 e. The number of rotatable bonds is 5. The van der Waals surface area contributed by atoms with Gasteiger partial charge in [-0.1, -0.05) is 18.2 Å². The van der Waals surface area contributed by atoms with Gasteiger partial charge >= 0.3 is 0 Å². The van der Waals surface area contributed by atoms with Crippen LogP contribution in [0.3, 0.4) is 0 Å². The van der Waals surface area contributed by atoms with Gasteiger partial charge in [0.05, 0.1) is 12.7 Å². The quantitative estimate of drug-likeness (QED) is 0.714. The average Bonchev–Trinajstić information content (AvgIpc) is 3.04. The van der Waals surface area contributed by atoms with Gasteiger partial charge in [0.15, 0.2) is 6.61 Å². The van der Waals surface area contributed by atoms with E-state index < -0.39 is 0 Å². The van der Waals surface area contributed by atoms with Gasteiger partial charge in [-0.25, -0.2) is 0 Å². The molecule has 0 fully saturated rings. The zero-order valence-electron chi connectivity index (χ0n) is 13.4. The molecule has 0 spiro atoms. The predicted molar refractivity (Wildman–Crippen MR) is 86.5 cm³/mol. The van der Waals surface area contributed by atoms with Gasteiger partial charge in [-0.3, -0.25) is 0 Å². The molecule has 0 saturated heterocycles. The van der Waals surface area contributed by atoms with Crippen molar-refractivity contribution in [3.8, 4) is 23.0 Å². The first-order chi connectivity index (χ1) is 11.2. The molecule has 5 heteroatoms. The molecule has 0 amide bonds. The molecular weight excluding hydrogens is 292 g/mol. The summed E-state index contributed by atoms with van der Waals surface area (Å²) in [5.41, 5.74) is 3.18. The van der Waals surface area contributed by atoms with E-state index >= 15 is 0 Å². The van der Waals surface area contributed by atoms with Gasteiger partial charge in [0.25, 0.3) is 11.8 Å². The molecule has 118 valence electrons. The van der Waals surface area contributed by atoms with E-state index in [1.165, 1.54) is 11.1 Å². The van der Waals surface area contributed by atoms with Crippen LogP contribution in [0.2, 0.25) is 0 Å². The van der Waals surface area contributed by atoms with Crippen LogP contribution >= 0.6 is 0 Å². The van der Waals surface area contributed by atoms with Crippen LogP contribution in [0.15, 0.2) is 46.9 Å². The molecule has 5 nitrogen and oxygen atoms in total. The summed E-state index contributed by atoms with van der Waals surface area (Å²) < 4.78 is 16.7. The minimum atomic E-state index is 0.227. The van der Waals surface area contributed by atoms with Gasteiger partial charge in [0.2, 0.25) is 0 Å². The lowest BCUT2D eigenvalue weighted by Gasteiger charge is -2.06. The van der Waals surface area contributed by atoms with Crippen molar-refractivity contribution < 1.29 is 13.9 Å². The van der Waals surface area contributed by atoms with Gasteiger partial charge < -0.3 is 13.9 Å². The van der Waals surface area contributed by atoms with Crippen molar-refractivity contribution in [1.29, 1.82) is 0 Å². The number of para-hydroxylation sites is 1. The molecule has 0 radical (unpaired) electrons. The second-order valence-corrected chi connectivity index (χ2v) is 5.24. The van der Waals surface area contributed by atoms with Crippen LogP contribution in [0, 0.1) is 13.8 Å². The topological polar surface area (TPSA) is 57.4 Å². The number of methoxy groups -OCH3 is 1. The Labute approximate surface area is 134 Å². The highest BCUT2D eigenvalue weighted by molar-refractivity contribution is 5.62. The molecule has 0 bridgehead atoms. The number of benzene rings is 2. The second kappa shape index (κ2) is 6.52. The smallest absolute Gasteiger partial charge is 0.254 e. The molecule has 23 heavy (non-hydrogen) atoms. The Bertz CT molecular complexity index is 812. The molecule has 1 aromatic heterocycles. The minimum Gasteiger partial charge on any atom is -0.496 e. The highest BCUT2D eigenvalue weighted by Gasteiger charge is 2.13. The van der Waals surface area contributed by atoms with E-state index in [0.29, 0.717) is 17.5 Å². The van der Waals surface area contributed by atoms with Crippen molar-refractivity contribution in [2.24, 2.45) is 0 Å². The van der Waals surface area contributed by atoms with Crippen molar-refractivity contribution in [3.63, 3.8) is 0 Å². The molecule has 0 aliphatic heterocycles. The molecule has 0 N–H and O–H groups in total. The maximum atomic E-state index is 5.71. The molecule has 0 aliphatic carbocycles. The van der Waals surface area contributed by atoms with Crippen LogP contribution in [-0.2, 0) is 6.61 Å². The fourth-order valence-electron chi connectivity index (χ4n) is 2.19. The zero-order chi connectivity index (χ0) is 16.2. The summed E-state index contributed by atoms with van der Waals surface area (Å²) in [6, 6.07) is 13.5. The fourth-order valence-corrected chi connectivity index (χ4v) is 2.19. The van der Waals surface area contributed by atoms with Gasteiger partial charge in [-0.2, -0.15) is 0 Å². The van der Waals surface area contributed by atoms with E-state index in [4.69, 9.17) is 13.9 Å². The van der Waals surface area contributed by atoms with Crippen molar-refractivity contribution in [2.75, 3.05) is 7.11 Å². The van der Waals surface area contributed by atoms with Gasteiger partial charge in [0.1, 0.15) is 11.5 Å². The largest absolute Gasteiger partial charge is 0.496 e. The van der Waals surface area contributed by atoms with Gasteiger partial charge in [0, 0.05) is 0 Å². The molecule has 0 aliphatic rings. The number of aryl methyl sites for hydroxylation is 2. The summed E-state index contributed by atoms with van der Waals surface area (Å²) in [6.45, 7) is 4.34. The van der Waals surface area contributed by atoms with Crippen LogP contribution < -0.4 is 9.47 Å². The number of nitrogens with zero attached hydrogens (tertiary/aromatic N) is 2. The first-order valence-electron chi connectivity index (χ1n) is 7.33. The zero-order valence-corrected chi connectivity index (χ0v) is 13.4. The normalized spacial score (nSPS) is 10.6. The first kappa shape index (κ1) is 15.1. The number of hydrogen-bond acceptors (Lipinski definition) is 5. The molecule has 1 heterocycles. The Kier molecular flexibility index (Phi) is 4.28. The molecule has 0 saturated carbocycles. The monoisotopic (exact) mass is 310 g/mol. The summed E-state index contributed by atoms with van der Waals surface area (Å²) >= 11 is 0. The maximum absolute atomic E-state index is 5.71. The SMILES string of the molecule is COc1ccccc1-c1nnc(COc2ccc(C)c(C)c2)o1. The van der Waals surface area contributed by atoms with E-state index in [9.17, 15) is 0 Å². The Morgan fingerprint density at radius 2 is 1.83 bits per heavy atom. The first-order valence-corrected chi connectivity index (χ1v) is 7.33. The van der Waals surface area contributed by atoms with Crippen molar-refractivity contribution in [2.45, 2.75) is 20.5 Å². The fraction of sp³-hybridized carbons (Fsp3) is 0.222. The van der Waals surface area contributed by atoms with Crippen molar-refractivity contribution in [3.05, 3.63) is 59.5 Å². The standard InChI is InChI=1S/C18H18N2O3/c1-12-8-9-14(10-13(12)2)22-11-17-19-20-18(23-17)15-6-4-5-7-16(15)21-3/h4-10H,11H2,1-3H3. The Hall–Kier alpha value is -2.82. The van der Waals surface area contributed by atoms with E-state index in [0.717, 1.165) is 11.3 Å². The molecule has 0 atom stereocenters. The van der Waals surface area contributed by atoms with Crippen LogP contribution in [0.4, 0.5) is 0 Å². The van der Waals surface area contributed by atoms with E-state index in [-0.39, 0.29) is 6.61 Å². The van der Waals surface area contributed by atoms with Crippen molar-refractivity contribution in [1.82, 2.24) is 10.2 Å². The molecule has 3 aromatic rings. The summed E-state index contributed by atoms with van der Waals surface area (Å²) in [5.74, 6) is 2.31. The van der Waals surface area contributed by atoms with Crippen molar-refractivity contribution >= 4 is 0 Å². The third-order valence-corrected chi connectivity index (χ3v) is 3.64. The lowest BCUT2D eigenvalue weighted by atomic mass is 10.1. The Balaban J connectivity index is 1.73. The molecule has 2 aromatic carbocycles.